The predicted molar refractivity (Wildman–Crippen MR) is 129 cm³/mol. The van der Waals surface area contributed by atoms with Crippen LogP contribution >= 0.6 is 0 Å². The summed E-state index contributed by atoms with van der Waals surface area (Å²) in [5, 5.41) is 12.3. The fraction of sp³-hybridized carbons (Fsp3) is 0.464. The molecule has 1 saturated heterocycles. The lowest BCUT2D eigenvalue weighted by Crippen LogP contribution is -2.47. The van der Waals surface area contributed by atoms with E-state index in [1.165, 1.54) is 22.3 Å². The van der Waals surface area contributed by atoms with Crippen LogP contribution in [0.25, 0.3) is 11.1 Å². The Labute approximate surface area is 204 Å². The summed E-state index contributed by atoms with van der Waals surface area (Å²) in [6, 6.07) is 16.2. The number of nitrogens with zero attached hydrogens (tertiary/aromatic N) is 1. The predicted octanol–water partition coefficient (Wildman–Crippen LogP) is 3.87. The van der Waals surface area contributed by atoms with E-state index in [2.05, 4.69) is 29.6 Å². The van der Waals surface area contributed by atoms with E-state index in [-0.39, 0.29) is 48.1 Å². The van der Waals surface area contributed by atoms with Crippen LogP contribution in [0.4, 0.5) is 4.79 Å². The van der Waals surface area contributed by atoms with Gasteiger partial charge in [-0.05, 0) is 53.4 Å². The Hall–Kier alpha value is -3.35. The Morgan fingerprint density at radius 2 is 1.63 bits per heavy atom. The number of fused-ring (bicyclic) bond motifs is 4. The highest BCUT2D eigenvalue weighted by atomic mass is 16.5. The topological polar surface area (TPSA) is 95.9 Å². The van der Waals surface area contributed by atoms with Crippen molar-refractivity contribution < 1.29 is 24.2 Å². The number of nitrogens with one attached hydrogen (secondary N) is 1. The number of aliphatic carboxylic acids is 1. The number of hydrogen-bond acceptors (Lipinski definition) is 4. The molecule has 1 aliphatic heterocycles. The first-order valence-electron chi connectivity index (χ1n) is 12.7. The number of ether oxygens (including phenoxy) is 1. The lowest BCUT2D eigenvalue weighted by atomic mass is 9.98. The van der Waals surface area contributed by atoms with Crippen molar-refractivity contribution in [3.63, 3.8) is 0 Å². The van der Waals surface area contributed by atoms with Gasteiger partial charge in [0.05, 0.1) is 11.8 Å². The summed E-state index contributed by atoms with van der Waals surface area (Å²) in [7, 11) is 0. The van der Waals surface area contributed by atoms with Crippen LogP contribution in [0.1, 0.15) is 42.7 Å². The van der Waals surface area contributed by atoms with E-state index in [0.717, 1.165) is 25.7 Å². The fourth-order valence-electron chi connectivity index (χ4n) is 6.76. The normalized spacial score (nSPS) is 28.6. The Morgan fingerprint density at radius 1 is 0.943 bits per heavy atom. The molecule has 35 heavy (non-hydrogen) atoms. The van der Waals surface area contributed by atoms with Crippen LogP contribution in [0.5, 0.6) is 0 Å². The molecule has 0 aromatic heterocycles. The molecule has 2 aromatic carbocycles. The number of likely N-dealkylation sites (tertiary alicyclic amines) is 1. The molecule has 5 atom stereocenters. The van der Waals surface area contributed by atoms with Crippen LogP contribution in [-0.4, -0.2) is 53.7 Å². The second-order valence-corrected chi connectivity index (χ2v) is 10.4. The molecule has 2 saturated carbocycles. The summed E-state index contributed by atoms with van der Waals surface area (Å²) in [4.78, 5) is 39.2. The van der Waals surface area contributed by atoms with Crippen LogP contribution in [0, 0.1) is 23.7 Å². The minimum Gasteiger partial charge on any atom is -0.481 e. The Morgan fingerprint density at radius 3 is 2.31 bits per heavy atom. The summed E-state index contributed by atoms with van der Waals surface area (Å²) >= 11 is 0. The molecule has 0 radical (unpaired) electrons. The monoisotopic (exact) mass is 474 g/mol. The van der Waals surface area contributed by atoms with Gasteiger partial charge in [0.25, 0.3) is 0 Å². The van der Waals surface area contributed by atoms with Crippen molar-refractivity contribution in [2.75, 3.05) is 19.7 Å². The maximum Gasteiger partial charge on any atom is 0.407 e. The first kappa shape index (κ1) is 22.1. The molecule has 7 nitrogen and oxygen atoms in total. The highest BCUT2D eigenvalue weighted by Gasteiger charge is 2.57. The Bertz CT molecular complexity index is 1130. The highest BCUT2D eigenvalue weighted by molar-refractivity contribution is 5.82. The first-order valence-corrected chi connectivity index (χ1v) is 12.7. The summed E-state index contributed by atoms with van der Waals surface area (Å²) in [5.74, 6) is -0.975. The fourth-order valence-corrected chi connectivity index (χ4v) is 6.76. The van der Waals surface area contributed by atoms with E-state index in [0.29, 0.717) is 13.1 Å². The average Bonchev–Trinajstić information content (AvgIpc) is 3.27. The number of alkyl carbamates (subject to hydrolysis) is 1. The lowest BCUT2D eigenvalue weighted by Gasteiger charge is -2.31. The van der Waals surface area contributed by atoms with Gasteiger partial charge in [-0.15, -0.1) is 0 Å². The maximum atomic E-state index is 13.3. The highest BCUT2D eigenvalue weighted by Crippen LogP contribution is 2.52. The minimum absolute atomic E-state index is 0.00354. The van der Waals surface area contributed by atoms with Crippen molar-refractivity contribution in [2.45, 2.75) is 37.6 Å². The molecule has 0 spiro atoms. The van der Waals surface area contributed by atoms with Gasteiger partial charge in [0.15, 0.2) is 0 Å². The number of carboxylic acids is 1. The lowest BCUT2D eigenvalue weighted by molar-refractivity contribution is -0.140. The van der Waals surface area contributed by atoms with E-state index in [9.17, 15) is 19.5 Å². The Kier molecular flexibility index (Phi) is 5.50. The van der Waals surface area contributed by atoms with Crippen molar-refractivity contribution in [1.82, 2.24) is 10.2 Å². The third kappa shape index (κ3) is 3.87. The summed E-state index contributed by atoms with van der Waals surface area (Å²) in [6.07, 6.45) is 2.63. The van der Waals surface area contributed by atoms with Crippen molar-refractivity contribution in [3.8, 4) is 11.1 Å². The molecule has 4 aliphatic rings. The van der Waals surface area contributed by atoms with Gasteiger partial charge in [0.1, 0.15) is 6.61 Å². The quantitative estimate of drug-likeness (QED) is 0.686. The number of piperidine rings is 1. The van der Waals surface area contributed by atoms with Crippen molar-refractivity contribution in [3.05, 3.63) is 59.7 Å². The molecule has 3 fully saturated rings. The van der Waals surface area contributed by atoms with Gasteiger partial charge in [0, 0.05) is 25.0 Å². The van der Waals surface area contributed by atoms with Gasteiger partial charge in [0.2, 0.25) is 5.91 Å². The van der Waals surface area contributed by atoms with E-state index >= 15 is 0 Å². The molecule has 7 heteroatoms. The molecule has 0 bridgehead atoms. The zero-order valence-electron chi connectivity index (χ0n) is 19.6. The number of carboxylic acid groups (broad SMARTS) is 1. The third-order valence-electron chi connectivity index (χ3n) is 8.57. The van der Waals surface area contributed by atoms with Gasteiger partial charge >= 0.3 is 12.1 Å². The molecule has 2 aromatic rings. The van der Waals surface area contributed by atoms with E-state index in [4.69, 9.17) is 4.74 Å². The van der Waals surface area contributed by atoms with E-state index < -0.39 is 12.1 Å². The van der Waals surface area contributed by atoms with Crippen LogP contribution in [0.2, 0.25) is 0 Å². The smallest absolute Gasteiger partial charge is 0.407 e. The van der Waals surface area contributed by atoms with Gasteiger partial charge < -0.3 is 20.1 Å². The molecular weight excluding hydrogens is 444 g/mol. The van der Waals surface area contributed by atoms with Crippen molar-refractivity contribution in [2.24, 2.45) is 23.7 Å². The molecule has 6 rings (SSSR count). The van der Waals surface area contributed by atoms with Gasteiger partial charge in [-0.1, -0.05) is 55.0 Å². The van der Waals surface area contributed by atoms with Crippen LogP contribution in [0.3, 0.4) is 0 Å². The molecule has 3 aliphatic carbocycles. The van der Waals surface area contributed by atoms with Gasteiger partial charge in [-0.2, -0.15) is 0 Å². The molecule has 2 amide bonds. The third-order valence-corrected chi connectivity index (χ3v) is 8.57. The molecule has 1 unspecified atom stereocenters. The maximum absolute atomic E-state index is 13.3. The zero-order chi connectivity index (χ0) is 24.1. The van der Waals surface area contributed by atoms with E-state index in [1.54, 1.807) is 0 Å². The summed E-state index contributed by atoms with van der Waals surface area (Å²) in [6.45, 7) is 1.38. The van der Waals surface area contributed by atoms with Crippen molar-refractivity contribution in [1.29, 1.82) is 0 Å². The second-order valence-electron chi connectivity index (χ2n) is 10.4. The summed E-state index contributed by atoms with van der Waals surface area (Å²) in [5.41, 5.74) is 4.70. The number of benzene rings is 2. The number of carbonyl (C=O) groups excluding carboxylic acids is 2. The van der Waals surface area contributed by atoms with Gasteiger partial charge in [-0.3, -0.25) is 9.59 Å². The minimum atomic E-state index is -0.745. The second kappa shape index (κ2) is 8.70. The van der Waals surface area contributed by atoms with Crippen molar-refractivity contribution >= 4 is 18.0 Å². The summed E-state index contributed by atoms with van der Waals surface area (Å²) < 4.78 is 5.70. The standard InChI is InChI=1S/C28H30N2O5/c31-26(30-13-12-20-22(14-30)25(20)27(32)33)21-10-5-11-24(21)29-28(34)35-15-23-18-8-3-1-6-16(18)17-7-2-4-9-19(17)23/h1-4,6-9,20-25H,5,10-15H2,(H,29,34)(H,32,33)/t20-,21-,22+,24+,25?/m1/s1. The SMILES string of the molecule is O=C(N[C@H]1CCC[C@H]1C(=O)N1CC[C@H]2C(C(=O)O)[C@H]2C1)OCC1c2ccccc2-c2ccccc21. The van der Waals surface area contributed by atoms with Crippen LogP contribution in [0.15, 0.2) is 48.5 Å². The number of carbonyl (C=O) groups is 3. The molecule has 1 heterocycles. The number of rotatable bonds is 5. The van der Waals surface area contributed by atoms with Crippen LogP contribution < -0.4 is 5.32 Å². The first-order chi connectivity index (χ1) is 17.0. The largest absolute Gasteiger partial charge is 0.481 e. The molecular formula is C28H30N2O5. The molecule has 2 N–H and O–H groups in total. The number of amides is 2. The Balaban J connectivity index is 1.07. The van der Waals surface area contributed by atoms with Gasteiger partial charge in [-0.25, -0.2) is 4.79 Å². The van der Waals surface area contributed by atoms with E-state index in [1.807, 2.05) is 29.2 Å². The molecule has 182 valence electrons. The number of hydrogen-bond donors (Lipinski definition) is 2. The van der Waals surface area contributed by atoms with Crippen LogP contribution in [-0.2, 0) is 14.3 Å². The average molecular weight is 475 g/mol. The zero-order valence-corrected chi connectivity index (χ0v) is 19.6.